The summed E-state index contributed by atoms with van der Waals surface area (Å²) in [6.45, 7) is 1.99. The van der Waals surface area contributed by atoms with Crippen molar-refractivity contribution in [1.82, 2.24) is 0 Å². The molecule has 1 aromatic carbocycles. The van der Waals surface area contributed by atoms with Gasteiger partial charge in [-0.05, 0) is 6.07 Å². The molecule has 2 rings (SSSR count). The summed E-state index contributed by atoms with van der Waals surface area (Å²) in [5, 5.41) is 25.2. The van der Waals surface area contributed by atoms with Gasteiger partial charge < -0.3 is 19.5 Å². The van der Waals surface area contributed by atoms with Crippen molar-refractivity contribution in [2.45, 2.75) is 37.7 Å². The lowest BCUT2D eigenvalue weighted by molar-refractivity contribution is -0.392. The van der Waals surface area contributed by atoms with E-state index in [0.717, 1.165) is 25.1 Å². The summed E-state index contributed by atoms with van der Waals surface area (Å²) in [4.78, 5) is 43.5. The van der Waals surface area contributed by atoms with E-state index in [9.17, 15) is 29.8 Å². The number of nitro groups is 2. The Bertz CT molecular complexity index is 771. The zero-order valence-corrected chi connectivity index (χ0v) is 15.5. The van der Waals surface area contributed by atoms with E-state index in [1.807, 2.05) is 0 Å². The van der Waals surface area contributed by atoms with Gasteiger partial charge in [0.05, 0.1) is 9.85 Å². The Hall–Kier alpha value is -2.99. The second-order valence-electron chi connectivity index (χ2n) is 5.76. The van der Waals surface area contributed by atoms with Crippen LogP contribution in [0.3, 0.4) is 0 Å². The van der Waals surface area contributed by atoms with Crippen LogP contribution in [0.2, 0.25) is 0 Å². The fourth-order valence-corrected chi connectivity index (χ4v) is 3.02. The SMILES string of the molecule is CC(=O)OC[C@H]1O[C@@H](Cl)C(Nc2c([N+](=O)[O-])cccc2[N+](=O)[O-])[C@H]1OC(C)=O. The average molecular weight is 418 g/mol. The third kappa shape index (κ3) is 4.84. The lowest BCUT2D eigenvalue weighted by Gasteiger charge is -2.24. The van der Waals surface area contributed by atoms with E-state index in [0.29, 0.717) is 0 Å². The lowest BCUT2D eigenvalue weighted by atomic mass is 10.1. The molecule has 12 nitrogen and oxygen atoms in total. The van der Waals surface area contributed by atoms with Crippen LogP contribution in [-0.2, 0) is 23.8 Å². The average Bonchev–Trinajstić information content (AvgIpc) is 2.87. The Kier molecular flexibility index (Phi) is 6.70. The molecule has 4 atom stereocenters. The zero-order valence-electron chi connectivity index (χ0n) is 14.7. The number of nitrogens with zero attached hydrogens (tertiary/aromatic N) is 2. The number of carbonyl (C=O) groups is 2. The Morgan fingerprint density at radius 3 is 2.21 bits per heavy atom. The standard InChI is InChI=1S/C15H16ClN3O9/c1-7(20)26-6-11-14(27-8(2)21)13(15(16)28-11)17-12-9(18(22)23)4-3-5-10(12)19(24)25/h3-5,11,13-15,17H,6H2,1-2H3/t11-,13?,14+,15-/m1/s1. The molecule has 1 saturated heterocycles. The van der Waals surface area contributed by atoms with Crippen LogP contribution >= 0.6 is 11.6 Å². The second-order valence-corrected chi connectivity index (χ2v) is 6.19. The molecule has 13 heteroatoms. The fourth-order valence-electron chi connectivity index (χ4n) is 2.68. The molecule has 0 saturated carbocycles. The molecule has 1 unspecified atom stereocenters. The minimum absolute atomic E-state index is 0.298. The summed E-state index contributed by atoms with van der Waals surface area (Å²) >= 11 is 6.12. The first-order valence-corrected chi connectivity index (χ1v) is 8.34. The second kappa shape index (κ2) is 8.80. The number of alkyl halides is 1. The van der Waals surface area contributed by atoms with E-state index in [4.69, 9.17) is 25.8 Å². The molecule has 0 spiro atoms. The van der Waals surface area contributed by atoms with Crippen molar-refractivity contribution >= 4 is 40.6 Å². The molecule has 0 radical (unpaired) electrons. The molecular formula is C15H16ClN3O9. The van der Waals surface area contributed by atoms with Gasteiger partial charge in [-0.3, -0.25) is 29.8 Å². The number of rotatable bonds is 7. The number of hydrogen-bond donors (Lipinski definition) is 1. The fraction of sp³-hybridized carbons (Fsp3) is 0.467. The molecule has 0 bridgehead atoms. The van der Waals surface area contributed by atoms with Gasteiger partial charge in [-0.2, -0.15) is 0 Å². The van der Waals surface area contributed by atoms with Crippen molar-refractivity contribution in [2.75, 3.05) is 11.9 Å². The number of hydrogen-bond acceptors (Lipinski definition) is 10. The van der Waals surface area contributed by atoms with Crippen molar-refractivity contribution in [2.24, 2.45) is 0 Å². The minimum atomic E-state index is -1.19. The van der Waals surface area contributed by atoms with Crippen LogP contribution in [0, 0.1) is 20.2 Å². The Morgan fingerprint density at radius 2 is 1.75 bits per heavy atom. The van der Waals surface area contributed by atoms with Gasteiger partial charge in [0.25, 0.3) is 11.4 Å². The monoisotopic (exact) mass is 417 g/mol. The molecule has 28 heavy (non-hydrogen) atoms. The van der Waals surface area contributed by atoms with Gasteiger partial charge in [0.15, 0.2) is 17.4 Å². The van der Waals surface area contributed by atoms with E-state index < -0.39 is 62.7 Å². The predicted octanol–water partition coefficient (Wildman–Crippen LogP) is 1.74. The number of anilines is 1. The molecule has 0 aromatic heterocycles. The summed E-state index contributed by atoms with van der Waals surface area (Å²) in [5.74, 6) is -1.32. The molecule has 0 aliphatic carbocycles. The Balaban J connectivity index is 2.39. The van der Waals surface area contributed by atoms with Crippen LogP contribution in [-0.4, -0.2) is 52.2 Å². The Labute approximate surface area is 163 Å². The van der Waals surface area contributed by atoms with Crippen molar-refractivity contribution in [1.29, 1.82) is 0 Å². The van der Waals surface area contributed by atoms with Gasteiger partial charge in [-0.25, -0.2) is 0 Å². The van der Waals surface area contributed by atoms with E-state index >= 15 is 0 Å². The number of carbonyl (C=O) groups excluding carboxylic acids is 2. The maximum atomic E-state index is 11.5. The molecule has 0 amide bonds. The third-order valence-corrected chi connectivity index (χ3v) is 4.16. The molecule has 152 valence electrons. The molecule has 1 heterocycles. The number of esters is 2. The van der Waals surface area contributed by atoms with Crippen LogP contribution in [0.4, 0.5) is 17.1 Å². The highest BCUT2D eigenvalue weighted by molar-refractivity contribution is 6.20. The molecule has 1 N–H and O–H groups in total. The van der Waals surface area contributed by atoms with Crippen LogP contribution in [0.25, 0.3) is 0 Å². The molecule has 1 fully saturated rings. The maximum absolute atomic E-state index is 11.5. The normalized spacial score (nSPS) is 23.7. The molecule has 1 aromatic rings. The van der Waals surface area contributed by atoms with Crippen molar-refractivity contribution < 1.29 is 33.6 Å². The number of nitrogens with one attached hydrogen (secondary N) is 1. The zero-order chi connectivity index (χ0) is 21.0. The topological polar surface area (TPSA) is 160 Å². The molecule has 1 aliphatic rings. The minimum Gasteiger partial charge on any atom is -0.463 e. The van der Waals surface area contributed by atoms with Gasteiger partial charge in [-0.15, -0.1) is 0 Å². The van der Waals surface area contributed by atoms with Gasteiger partial charge in [0, 0.05) is 26.0 Å². The third-order valence-electron chi connectivity index (χ3n) is 3.79. The van der Waals surface area contributed by atoms with E-state index in [1.165, 1.54) is 6.92 Å². The largest absolute Gasteiger partial charge is 0.463 e. The number of nitro benzene ring substituents is 2. The summed E-state index contributed by atoms with van der Waals surface area (Å²) < 4.78 is 15.4. The lowest BCUT2D eigenvalue weighted by Crippen LogP contribution is -2.42. The highest BCUT2D eigenvalue weighted by Gasteiger charge is 2.48. The number of para-hydroxylation sites is 1. The highest BCUT2D eigenvalue weighted by atomic mass is 35.5. The molecular weight excluding hydrogens is 402 g/mol. The van der Waals surface area contributed by atoms with Gasteiger partial charge >= 0.3 is 11.9 Å². The smallest absolute Gasteiger partial charge is 0.303 e. The van der Waals surface area contributed by atoms with E-state index in [-0.39, 0.29) is 6.61 Å². The first-order chi connectivity index (χ1) is 13.1. The summed E-state index contributed by atoms with van der Waals surface area (Å²) in [5.41, 5.74) is -2.74. The van der Waals surface area contributed by atoms with Gasteiger partial charge in [0.2, 0.25) is 0 Å². The maximum Gasteiger partial charge on any atom is 0.303 e. The summed E-state index contributed by atoms with van der Waals surface area (Å²) in [7, 11) is 0. The van der Waals surface area contributed by atoms with Crippen LogP contribution in [0.15, 0.2) is 18.2 Å². The van der Waals surface area contributed by atoms with Crippen LogP contribution < -0.4 is 5.32 Å². The number of halogens is 1. The first kappa shape index (κ1) is 21.3. The molecule has 1 aliphatic heterocycles. The van der Waals surface area contributed by atoms with Crippen LogP contribution in [0.5, 0.6) is 0 Å². The van der Waals surface area contributed by atoms with Crippen LogP contribution in [0.1, 0.15) is 13.8 Å². The number of ether oxygens (including phenoxy) is 3. The first-order valence-electron chi connectivity index (χ1n) is 7.90. The van der Waals surface area contributed by atoms with Gasteiger partial charge in [-0.1, -0.05) is 11.6 Å². The Morgan fingerprint density at radius 1 is 1.18 bits per heavy atom. The van der Waals surface area contributed by atoms with Gasteiger partial charge in [0.1, 0.15) is 18.8 Å². The van der Waals surface area contributed by atoms with Crippen molar-refractivity contribution in [3.63, 3.8) is 0 Å². The number of benzene rings is 1. The quantitative estimate of drug-likeness (QED) is 0.299. The predicted molar refractivity (Wildman–Crippen MR) is 93.9 cm³/mol. The van der Waals surface area contributed by atoms with E-state index in [2.05, 4.69) is 5.32 Å². The van der Waals surface area contributed by atoms with Crippen molar-refractivity contribution in [3.8, 4) is 0 Å². The highest BCUT2D eigenvalue weighted by Crippen LogP contribution is 2.38. The summed E-state index contributed by atoms with van der Waals surface area (Å²) in [6.07, 6.45) is -2.10. The van der Waals surface area contributed by atoms with Crippen molar-refractivity contribution in [3.05, 3.63) is 38.4 Å². The summed E-state index contributed by atoms with van der Waals surface area (Å²) in [6, 6.07) is 2.22. The van der Waals surface area contributed by atoms with E-state index in [1.54, 1.807) is 0 Å².